The van der Waals surface area contributed by atoms with Crippen molar-refractivity contribution in [3.05, 3.63) is 66.9 Å². The zero-order chi connectivity index (χ0) is 24.9. The molecule has 1 aliphatic rings. The van der Waals surface area contributed by atoms with E-state index in [0.29, 0.717) is 11.5 Å². The van der Waals surface area contributed by atoms with E-state index in [9.17, 15) is 0 Å². The molecule has 1 saturated heterocycles. The standard InChI is InChI=1S/C29H31N3O4/c1-33-23-6-4-5-19(15-23)29-24-17-28(32-21-8-10-25(34-2)27(16-21)35-3)31-18-20(24)7-9-26(29)36-22-11-13-30-14-12-22/h4-10,15-18,22,30H,11-14H2,1-3H3,(H,31,32). The summed E-state index contributed by atoms with van der Waals surface area (Å²) in [5.41, 5.74) is 2.92. The fourth-order valence-electron chi connectivity index (χ4n) is 4.59. The Morgan fingerprint density at radius 3 is 2.42 bits per heavy atom. The maximum atomic E-state index is 6.58. The van der Waals surface area contributed by atoms with Crippen molar-refractivity contribution in [1.29, 1.82) is 0 Å². The van der Waals surface area contributed by atoms with Crippen molar-refractivity contribution in [3.8, 4) is 34.1 Å². The zero-order valence-electron chi connectivity index (χ0n) is 20.8. The van der Waals surface area contributed by atoms with Gasteiger partial charge in [0.25, 0.3) is 0 Å². The molecule has 0 unspecified atom stereocenters. The minimum absolute atomic E-state index is 0.180. The molecular weight excluding hydrogens is 454 g/mol. The highest BCUT2D eigenvalue weighted by Gasteiger charge is 2.19. The molecule has 0 bridgehead atoms. The van der Waals surface area contributed by atoms with Crippen LogP contribution < -0.4 is 29.6 Å². The third kappa shape index (κ3) is 5.02. The van der Waals surface area contributed by atoms with Gasteiger partial charge >= 0.3 is 0 Å². The van der Waals surface area contributed by atoms with Gasteiger partial charge in [0.1, 0.15) is 23.4 Å². The summed E-state index contributed by atoms with van der Waals surface area (Å²) in [6, 6.07) is 20.0. The van der Waals surface area contributed by atoms with Gasteiger partial charge in [0, 0.05) is 28.9 Å². The van der Waals surface area contributed by atoms with E-state index < -0.39 is 0 Å². The van der Waals surface area contributed by atoms with E-state index >= 15 is 0 Å². The van der Waals surface area contributed by atoms with Crippen LogP contribution in [0.1, 0.15) is 12.8 Å². The van der Waals surface area contributed by atoms with Crippen LogP contribution in [0.4, 0.5) is 11.5 Å². The third-order valence-corrected chi connectivity index (χ3v) is 6.46. The molecule has 3 aromatic carbocycles. The van der Waals surface area contributed by atoms with E-state index in [1.165, 1.54) is 0 Å². The summed E-state index contributed by atoms with van der Waals surface area (Å²) in [6.45, 7) is 1.94. The molecule has 0 aliphatic carbocycles. The quantitative estimate of drug-likeness (QED) is 0.327. The highest BCUT2D eigenvalue weighted by molar-refractivity contribution is 6.01. The van der Waals surface area contributed by atoms with Gasteiger partial charge in [-0.1, -0.05) is 12.1 Å². The minimum Gasteiger partial charge on any atom is -0.497 e. The first-order chi connectivity index (χ1) is 17.7. The van der Waals surface area contributed by atoms with Crippen molar-refractivity contribution < 1.29 is 18.9 Å². The number of hydrogen-bond donors (Lipinski definition) is 2. The molecule has 0 atom stereocenters. The van der Waals surface area contributed by atoms with E-state index in [4.69, 9.17) is 18.9 Å². The van der Waals surface area contributed by atoms with Gasteiger partial charge in [-0.25, -0.2) is 4.98 Å². The largest absolute Gasteiger partial charge is 0.497 e. The Labute approximate surface area is 211 Å². The van der Waals surface area contributed by atoms with Gasteiger partial charge in [-0.2, -0.15) is 0 Å². The number of piperidine rings is 1. The Balaban J connectivity index is 1.58. The first kappa shape index (κ1) is 23.8. The molecule has 1 aliphatic heterocycles. The molecule has 0 saturated carbocycles. The van der Waals surface area contributed by atoms with E-state index in [1.54, 1.807) is 21.3 Å². The topological polar surface area (TPSA) is 73.9 Å². The number of aromatic nitrogens is 1. The summed E-state index contributed by atoms with van der Waals surface area (Å²) in [7, 11) is 4.93. The van der Waals surface area contributed by atoms with Gasteiger partial charge in [-0.3, -0.25) is 0 Å². The van der Waals surface area contributed by atoms with Gasteiger partial charge in [-0.05, 0) is 79.3 Å². The molecule has 0 spiro atoms. The first-order valence-corrected chi connectivity index (χ1v) is 12.1. The normalized spacial score (nSPS) is 13.9. The highest BCUT2D eigenvalue weighted by atomic mass is 16.5. The lowest BCUT2D eigenvalue weighted by Gasteiger charge is -2.26. The van der Waals surface area contributed by atoms with Crippen molar-refractivity contribution in [3.63, 3.8) is 0 Å². The summed E-state index contributed by atoms with van der Waals surface area (Å²) in [6.07, 6.45) is 4.03. The lowest BCUT2D eigenvalue weighted by atomic mass is 9.97. The van der Waals surface area contributed by atoms with Crippen molar-refractivity contribution in [2.45, 2.75) is 18.9 Å². The molecule has 4 aromatic rings. The van der Waals surface area contributed by atoms with Crippen LogP contribution in [0, 0.1) is 0 Å². The van der Waals surface area contributed by atoms with E-state index in [-0.39, 0.29) is 6.10 Å². The van der Waals surface area contributed by atoms with E-state index in [2.05, 4.69) is 39.9 Å². The molecule has 36 heavy (non-hydrogen) atoms. The van der Waals surface area contributed by atoms with Gasteiger partial charge in [-0.15, -0.1) is 0 Å². The first-order valence-electron chi connectivity index (χ1n) is 12.1. The number of nitrogens with one attached hydrogen (secondary N) is 2. The van der Waals surface area contributed by atoms with Crippen molar-refractivity contribution in [1.82, 2.24) is 10.3 Å². The minimum atomic E-state index is 0.180. The zero-order valence-corrected chi connectivity index (χ0v) is 20.8. The summed E-state index contributed by atoms with van der Waals surface area (Å²) < 4.78 is 22.9. The predicted molar refractivity (Wildman–Crippen MR) is 143 cm³/mol. The molecule has 7 nitrogen and oxygen atoms in total. The van der Waals surface area contributed by atoms with Gasteiger partial charge < -0.3 is 29.6 Å². The number of nitrogens with zero attached hydrogens (tertiary/aromatic N) is 1. The Kier molecular flexibility index (Phi) is 7.09. The van der Waals surface area contributed by atoms with Crippen molar-refractivity contribution in [2.24, 2.45) is 0 Å². The SMILES string of the molecule is COc1cccc(-c2c(OC3CCNCC3)ccc3cnc(Nc4ccc(OC)c(OC)c4)cc23)c1. The molecule has 0 radical (unpaired) electrons. The predicted octanol–water partition coefficient (Wildman–Crippen LogP) is 5.80. The molecule has 186 valence electrons. The fraction of sp³-hybridized carbons (Fsp3) is 0.276. The van der Waals surface area contributed by atoms with Crippen LogP contribution in [-0.2, 0) is 0 Å². The van der Waals surface area contributed by atoms with Crippen LogP contribution >= 0.6 is 0 Å². The monoisotopic (exact) mass is 485 g/mol. The molecule has 1 aromatic heterocycles. The highest BCUT2D eigenvalue weighted by Crippen LogP contribution is 2.40. The van der Waals surface area contributed by atoms with Crippen LogP contribution in [0.25, 0.3) is 21.9 Å². The van der Waals surface area contributed by atoms with Gasteiger partial charge in [0.05, 0.1) is 21.3 Å². The molecule has 2 heterocycles. The Bertz CT molecular complexity index is 1350. The Morgan fingerprint density at radius 2 is 1.64 bits per heavy atom. The summed E-state index contributed by atoms with van der Waals surface area (Å²) >= 11 is 0. The lowest BCUT2D eigenvalue weighted by Crippen LogP contribution is -2.34. The number of ether oxygens (including phenoxy) is 4. The van der Waals surface area contributed by atoms with Crippen LogP contribution in [0.3, 0.4) is 0 Å². The summed E-state index contributed by atoms with van der Waals surface area (Å²) in [5, 5.41) is 8.89. The van der Waals surface area contributed by atoms with E-state index in [0.717, 1.165) is 70.8 Å². The molecule has 2 N–H and O–H groups in total. The van der Waals surface area contributed by atoms with Crippen molar-refractivity contribution >= 4 is 22.3 Å². The van der Waals surface area contributed by atoms with E-state index in [1.807, 2.05) is 42.6 Å². The maximum absolute atomic E-state index is 6.58. The van der Waals surface area contributed by atoms with Gasteiger partial charge in [0.15, 0.2) is 11.5 Å². The lowest BCUT2D eigenvalue weighted by molar-refractivity contribution is 0.163. The second-order valence-electron chi connectivity index (χ2n) is 8.72. The van der Waals surface area contributed by atoms with Crippen LogP contribution in [0.15, 0.2) is 66.9 Å². The molecule has 0 amide bonds. The number of benzene rings is 3. The third-order valence-electron chi connectivity index (χ3n) is 6.46. The number of hydrogen-bond acceptors (Lipinski definition) is 7. The summed E-state index contributed by atoms with van der Waals surface area (Å²) in [5.74, 6) is 3.71. The number of pyridine rings is 1. The van der Waals surface area contributed by atoms with Crippen LogP contribution in [0.2, 0.25) is 0 Å². The Morgan fingerprint density at radius 1 is 0.833 bits per heavy atom. The Hall–Kier alpha value is -3.97. The number of rotatable bonds is 8. The average molecular weight is 486 g/mol. The number of anilines is 2. The number of methoxy groups -OCH3 is 3. The summed E-state index contributed by atoms with van der Waals surface area (Å²) in [4.78, 5) is 4.66. The maximum Gasteiger partial charge on any atom is 0.162 e. The second kappa shape index (κ2) is 10.7. The molecule has 1 fully saturated rings. The molecule has 7 heteroatoms. The van der Waals surface area contributed by atoms with Crippen LogP contribution in [0.5, 0.6) is 23.0 Å². The van der Waals surface area contributed by atoms with Crippen molar-refractivity contribution in [2.75, 3.05) is 39.7 Å². The molecular formula is C29H31N3O4. The average Bonchev–Trinajstić information content (AvgIpc) is 2.93. The molecule has 5 rings (SSSR count). The van der Waals surface area contributed by atoms with Crippen LogP contribution in [-0.4, -0.2) is 45.5 Å². The fourth-order valence-corrected chi connectivity index (χ4v) is 4.59. The second-order valence-corrected chi connectivity index (χ2v) is 8.72. The number of fused-ring (bicyclic) bond motifs is 1. The van der Waals surface area contributed by atoms with Gasteiger partial charge in [0.2, 0.25) is 0 Å². The smallest absolute Gasteiger partial charge is 0.162 e.